The Morgan fingerprint density at radius 2 is 1.71 bits per heavy atom. The normalized spacial score (nSPS) is 11.4. The molecule has 0 saturated heterocycles. The van der Waals surface area contributed by atoms with Crippen molar-refractivity contribution in [2.75, 3.05) is 19.0 Å². The van der Waals surface area contributed by atoms with Crippen LogP contribution < -0.4 is 4.90 Å². The molecule has 0 bridgehead atoms. The molecule has 0 amide bonds. The van der Waals surface area contributed by atoms with Gasteiger partial charge < -0.3 is 9.32 Å². The van der Waals surface area contributed by atoms with Crippen LogP contribution in [0.3, 0.4) is 0 Å². The summed E-state index contributed by atoms with van der Waals surface area (Å²) in [6.07, 6.45) is 4.08. The summed E-state index contributed by atoms with van der Waals surface area (Å²) in [5.74, 6) is 0.878. The molecule has 0 aliphatic rings. The van der Waals surface area contributed by atoms with Crippen LogP contribution in [0.5, 0.6) is 0 Å². The van der Waals surface area contributed by atoms with E-state index in [4.69, 9.17) is 4.42 Å². The molecule has 0 unspecified atom stereocenters. The predicted molar refractivity (Wildman–Crippen MR) is 98.6 cm³/mol. The van der Waals surface area contributed by atoms with Gasteiger partial charge in [0.1, 0.15) is 11.3 Å². The fraction of sp³-hybridized carbons (Fsp3) is 0.111. The van der Waals surface area contributed by atoms with Gasteiger partial charge in [-0.1, -0.05) is 24.3 Å². The topological polar surface area (TPSA) is 16.4 Å². The first kappa shape index (κ1) is 14.2. The Balaban J connectivity index is 1.83. The smallest absolute Gasteiger partial charge is 0.135 e. The number of fused-ring (bicyclic) bond motifs is 1. The van der Waals surface area contributed by atoms with Crippen molar-refractivity contribution in [1.29, 1.82) is 0 Å². The summed E-state index contributed by atoms with van der Waals surface area (Å²) in [6.45, 7) is 0. The maximum Gasteiger partial charge on any atom is 0.135 e. The van der Waals surface area contributed by atoms with E-state index in [9.17, 15) is 0 Å². The second-order valence-corrected chi connectivity index (χ2v) is 6.40. The number of rotatable bonds is 3. The minimum absolute atomic E-state index is 0.878. The number of hydrogen-bond acceptors (Lipinski definition) is 2. The molecular formula is C18H16INO. The Morgan fingerprint density at radius 3 is 2.43 bits per heavy atom. The lowest BCUT2D eigenvalue weighted by Crippen LogP contribution is -2.07. The Kier molecular flexibility index (Phi) is 4.01. The van der Waals surface area contributed by atoms with E-state index in [0.717, 1.165) is 22.3 Å². The van der Waals surface area contributed by atoms with E-state index >= 15 is 0 Å². The van der Waals surface area contributed by atoms with Crippen molar-refractivity contribution >= 4 is 51.4 Å². The molecule has 0 radical (unpaired) electrons. The van der Waals surface area contributed by atoms with Gasteiger partial charge in [0, 0.05) is 28.7 Å². The Hall–Kier alpha value is -1.75. The molecule has 2 nitrogen and oxygen atoms in total. The molecule has 0 saturated carbocycles. The summed E-state index contributed by atoms with van der Waals surface area (Å²) in [4.78, 5) is 2.09. The Labute approximate surface area is 138 Å². The highest BCUT2D eigenvalue weighted by molar-refractivity contribution is 14.1. The minimum atomic E-state index is 0.878. The lowest BCUT2D eigenvalue weighted by Gasteiger charge is -2.11. The fourth-order valence-corrected chi connectivity index (χ4v) is 2.63. The monoisotopic (exact) mass is 389 g/mol. The first-order valence-corrected chi connectivity index (χ1v) is 7.84. The van der Waals surface area contributed by atoms with E-state index in [-0.39, 0.29) is 0 Å². The van der Waals surface area contributed by atoms with Crippen molar-refractivity contribution in [2.24, 2.45) is 0 Å². The number of anilines is 1. The summed E-state index contributed by atoms with van der Waals surface area (Å²) in [5.41, 5.74) is 3.30. The number of benzene rings is 2. The molecule has 0 atom stereocenters. The fourth-order valence-electron chi connectivity index (χ4n) is 2.17. The second kappa shape index (κ2) is 5.93. The highest BCUT2D eigenvalue weighted by atomic mass is 127. The van der Waals surface area contributed by atoms with Crippen molar-refractivity contribution in [3.63, 3.8) is 0 Å². The second-order valence-electron chi connectivity index (χ2n) is 5.15. The SMILES string of the molecule is CN(C)c1ccc(/C=C/c2cc3ccc(I)cc3o2)cc1. The summed E-state index contributed by atoms with van der Waals surface area (Å²) >= 11 is 2.29. The molecule has 1 heterocycles. The Bertz CT molecular complexity index is 785. The van der Waals surface area contributed by atoms with Crippen molar-refractivity contribution in [3.05, 3.63) is 63.4 Å². The van der Waals surface area contributed by atoms with Crippen LogP contribution in [-0.4, -0.2) is 14.1 Å². The van der Waals surface area contributed by atoms with Gasteiger partial charge in [0.2, 0.25) is 0 Å². The average Bonchev–Trinajstić information content (AvgIpc) is 2.87. The predicted octanol–water partition coefficient (Wildman–Crippen LogP) is 5.27. The zero-order chi connectivity index (χ0) is 14.8. The third kappa shape index (κ3) is 3.29. The van der Waals surface area contributed by atoms with Gasteiger partial charge in [0.25, 0.3) is 0 Å². The van der Waals surface area contributed by atoms with Crippen LogP contribution in [0.4, 0.5) is 5.69 Å². The van der Waals surface area contributed by atoms with Crippen LogP contribution in [0.2, 0.25) is 0 Å². The molecule has 1 aromatic heterocycles. The number of furan rings is 1. The van der Waals surface area contributed by atoms with Crippen molar-refractivity contribution in [2.45, 2.75) is 0 Å². The van der Waals surface area contributed by atoms with Gasteiger partial charge in [-0.05, 0) is 64.6 Å². The van der Waals surface area contributed by atoms with Gasteiger partial charge in [0.05, 0.1) is 0 Å². The first-order valence-electron chi connectivity index (χ1n) is 6.76. The van der Waals surface area contributed by atoms with Crippen molar-refractivity contribution in [1.82, 2.24) is 0 Å². The molecule has 0 spiro atoms. The van der Waals surface area contributed by atoms with Gasteiger partial charge in [-0.3, -0.25) is 0 Å². The van der Waals surface area contributed by atoms with E-state index < -0.39 is 0 Å². The molecular weight excluding hydrogens is 373 g/mol. The Morgan fingerprint density at radius 1 is 0.952 bits per heavy atom. The van der Waals surface area contributed by atoms with Crippen LogP contribution in [0, 0.1) is 3.57 Å². The lowest BCUT2D eigenvalue weighted by molar-refractivity contribution is 0.604. The van der Waals surface area contributed by atoms with Crippen LogP contribution in [0.25, 0.3) is 23.1 Å². The highest BCUT2D eigenvalue weighted by Crippen LogP contribution is 2.23. The summed E-state index contributed by atoms with van der Waals surface area (Å²) < 4.78 is 7.02. The van der Waals surface area contributed by atoms with Crippen molar-refractivity contribution in [3.8, 4) is 0 Å². The molecule has 0 aliphatic carbocycles. The molecule has 0 fully saturated rings. The highest BCUT2D eigenvalue weighted by Gasteiger charge is 2.01. The minimum Gasteiger partial charge on any atom is -0.457 e. The van der Waals surface area contributed by atoms with Crippen LogP contribution >= 0.6 is 22.6 Å². The standard InChI is InChI=1S/C18H16INO/c1-20(2)16-8-3-13(4-9-16)5-10-17-11-14-6-7-15(19)12-18(14)21-17/h3-12H,1-2H3/b10-5+. The summed E-state index contributed by atoms with van der Waals surface area (Å²) in [7, 11) is 4.08. The third-order valence-corrected chi connectivity index (χ3v) is 4.02. The largest absolute Gasteiger partial charge is 0.457 e. The molecule has 21 heavy (non-hydrogen) atoms. The van der Waals surface area contributed by atoms with E-state index in [0.29, 0.717) is 0 Å². The maximum atomic E-state index is 5.83. The molecule has 3 heteroatoms. The number of hydrogen-bond donors (Lipinski definition) is 0. The van der Waals surface area contributed by atoms with Gasteiger partial charge >= 0.3 is 0 Å². The summed E-state index contributed by atoms with van der Waals surface area (Å²) in [6, 6.07) is 16.7. The molecule has 0 N–H and O–H groups in total. The van der Waals surface area contributed by atoms with Gasteiger partial charge in [-0.2, -0.15) is 0 Å². The van der Waals surface area contributed by atoms with E-state index in [1.54, 1.807) is 0 Å². The van der Waals surface area contributed by atoms with Crippen molar-refractivity contribution < 1.29 is 4.42 Å². The van der Waals surface area contributed by atoms with E-state index in [1.807, 2.05) is 20.2 Å². The quantitative estimate of drug-likeness (QED) is 0.568. The van der Waals surface area contributed by atoms with Crippen LogP contribution in [-0.2, 0) is 0 Å². The third-order valence-electron chi connectivity index (χ3n) is 3.35. The molecule has 2 aromatic carbocycles. The molecule has 106 valence electrons. The van der Waals surface area contributed by atoms with Gasteiger partial charge in [-0.25, -0.2) is 0 Å². The average molecular weight is 389 g/mol. The molecule has 3 aromatic rings. The number of nitrogens with zero attached hydrogens (tertiary/aromatic N) is 1. The van der Waals surface area contributed by atoms with Gasteiger partial charge in [0.15, 0.2) is 0 Å². The van der Waals surface area contributed by atoms with E-state index in [2.05, 4.69) is 82.1 Å². The molecule has 3 rings (SSSR count). The van der Waals surface area contributed by atoms with Crippen LogP contribution in [0.1, 0.15) is 11.3 Å². The zero-order valence-corrected chi connectivity index (χ0v) is 14.2. The van der Waals surface area contributed by atoms with Crippen LogP contribution in [0.15, 0.2) is 52.9 Å². The molecule has 0 aliphatic heterocycles. The number of halogens is 1. The lowest BCUT2D eigenvalue weighted by atomic mass is 10.2. The zero-order valence-electron chi connectivity index (χ0n) is 12.0. The van der Waals surface area contributed by atoms with Gasteiger partial charge in [-0.15, -0.1) is 0 Å². The summed E-state index contributed by atoms with van der Waals surface area (Å²) in [5, 5.41) is 1.14. The van der Waals surface area contributed by atoms with E-state index in [1.165, 1.54) is 9.26 Å². The first-order chi connectivity index (χ1) is 10.1. The maximum absolute atomic E-state index is 5.83.